The lowest BCUT2D eigenvalue weighted by atomic mass is 9.80. The summed E-state index contributed by atoms with van der Waals surface area (Å²) >= 11 is 0. The van der Waals surface area contributed by atoms with Crippen molar-refractivity contribution in [1.29, 1.82) is 0 Å². The van der Waals surface area contributed by atoms with Gasteiger partial charge in [0.1, 0.15) is 0 Å². The van der Waals surface area contributed by atoms with E-state index in [0.717, 1.165) is 18.0 Å². The number of rotatable bonds is 5. The minimum absolute atomic E-state index is 0.483. The summed E-state index contributed by atoms with van der Waals surface area (Å²) in [6.45, 7) is 13.3. The molecule has 0 aromatic rings. The third-order valence-corrected chi connectivity index (χ3v) is 4.65. The molecule has 17 heavy (non-hydrogen) atoms. The Labute approximate surface area is 107 Å². The van der Waals surface area contributed by atoms with Gasteiger partial charge in [-0.1, -0.05) is 27.7 Å². The van der Waals surface area contributed by atoms with Crippen LogP contribution in [0.15, 0.2) is 0 Å². The average molecular weight is 238 g/mol. The molecule has 1 aliphatic heterocycles. The highest BCUT2D eigenvalue weighted by molar-refractivity contribution is 4.89. The van der Waals surface area contributed by atoms with Gasteiger partial charge in [0.25, 0.3) is 0 Å². The zero-order valence-electron chi connectivity index (χ0n) is 12.1. The normalized spacial score (nSPS) is 28.6. The molecule has 1 saturated carbocycles. The zero-order chi connectivity index (χ0) is 12.5. The second kappa shape index (κ2) is 5.27. The van der Waals surface area contributed by atoms with Gasteiger partial charge in [0.2, 0.25) is 0 Å². The van der Waals surface area contributed by atoms with E-state index in [1.54, 1.807) is 0 Å². The lowest BCUT2D eigenvalue weighted by Gasteiger charge is -2.30. The quantitative estimate of drug-likeness (QED) is 0.792. The Hall–Kier alpha value is -0.0800. The van der Waals surface area contributed by atoms with Crippen molar-refractivity contribution >= 4 is 0 Å². The van der Waals surface area contributed by atoms with Crippen molar-refractivity contribution < 1.29 is 0 Å². The van der Waals surface area contributed by atoms with Gasteiger partial charge in [0.05, 0.1) is 0 Å². The fraction of sp³-hybridized carbons (Fsp3) is 1.00. The fourth-order valence-electron chi connectivity index (χ4n) is 2.95. The predicted octanol–water partition coefficient (Wildman–Crippen LogP) is 2.89. The standard InChI is InChI=1S/C15H30N2/c1-5-14(10-16-13-6-7-13)17-9-8-12(11-17)15(2,3)4/h12-14,16H,5-11H2,1-4H3. The van der Waals surface area contributed by atoms with Crippen LogP contribution in [0.4, 0.5) is 0 Å². The zero-order valence-corrected chi connectivity index (χ0v) is 12.1. The maximum Gasteiger partial charge on any atom is 0.0218 e. The maximum atomic E-state index is 3.70. The highest BCUT2D eigenvalue weighted by Gasteiger charge is 2.34. The summed E-state index contributed by atoms with van der Waals surface area (Å²) in [6.07, 6.45) is 5.49. The highest BCUT2D eigenvalue weighted by Crippen LogP contribution is 2.34. The Kier molecular flexibility index (Phi) is 4.14. The molecule has 1 saturated heterocycles. The van der Waals surface area contributed by atoms with Crippen LogP contribution in [-0.2, 0) is 0 Å². The van der Waals surface area contributed by atoms with Crippen LogP contribution in [0.25, 0.3) is 0 Å². The molecule has 1 heterocycles. The summed E-state index contributed by atoms with van der Waals surface area (Å²) in [5.41, 5.74) is 0.483. The van der Waals surface area contributed by atoms with Gasteiger partial charge in [0, 0.05) is 25.2 Å². The van der Waals surface area contributed by atoms with Crippen molar-refractivity contribution in [3.63, 3.8) is 0 Å². The molecule has 2 unspecified atom stereocenters. The molecule has 0 aromatic carbocycles. The SMILES string of the molecule is CCC(CNC1CC1)N1CCC(C(C)(C)C)C1. The maximum absolute atomic E-state index is 3.70. The van der Waals surface area contributed by atoms with Gasteiger partial charge in [0.15, 0.2) is 0 Å². The molecule has 2 fully saturated rings. The summed E-state index contributed by atoms with van der Waals surface area (Å²) in [5.74, 6) is 0.887. The summed E-state index contributed by atoms with van der Waals surface area (Å²) in [5, 5.41) is 3.70. The molecule has 1 N–H and O–H groups in total. The number of hydrogen-bond donors (Lipinski definition) is 1. The molecule has 2 rings (SSSR count). The first kappa shape index (κ1) is 13.4. The molecule has 2 aliphatic rings. The minimum Gasteiger partial charge on any atom is -0.312 e. The van der Waals surface area contributed by atoms with Gasteiger partial charge in [-0.15, -0.1) is 0 Å². The topological polar surface area (TPSA) is 15.3 Å². The monoisotopic (exact) mass is 238 g/mol. The van der Waals surface area contributed by atoms with E-state index in [2.05, 4.69) is 37.9 Å². The molecule has 0 spiro atoms. The molecule has 0 aromatic heterocycles. The third-order valence-electron chi connectivity index (χ3n) is 4.65. The first-order valence-corrected chi connectivity index (χ1v) is 7.48. The predicted molar refractivity (Wildman–Crippen MR) is 74.2 cm³/mol. The largest absolute Gasteiger partial charge is 0.312 e. The van der Waals surface area contributed by atoms with E-state index in [1.807, 2.05) is 0 Å². The van der Waals surface area contributed by atoms with E-state index in [0.29, 0.717) is 5.41 Å². The minimum atomic E-state index is 0.483. The first-order chi connectivity index (χ1) is 8.00. The second-order valence-corrected chi connectivity index (χ2v) is 7.09. The first-order valence-electron chi connectivity index (χ1n) is 7.48. The van der Waals surface area contributed by atoms with E-state index >= 15 is 0 Å². The van der Waals surface area contributed by atoms with E-state index in [-0.39, 0.29) is 0 Å². The van der Waals surface area contributed by atoms with Crippen molar-refractivity contribution in [2.75, 3.05) is 19.6 Å². The number of hydrogen-bond acceptors (Lipinski definition) is 2. The molecule has 0 bridgehead atoms. The van der Waals surface area contributed by atoms with Gasteiger partial charge in [-0.2, -0.15) is 0 Å². The smallest absolute Gasteiger partial charge is 0.0218 e. The van der Waals surface area contributed by atoms with Crippen LogP contribution in [0, 0.1) is 11.3 Å². The second-order valence-electron chi connectivity index (χ2n) is 7.09. The van der Waals surface area contributed by atoms with Crippen LogP contribution in [0.1, 0.15) is 53.4 Å². The highest BCUT2D eigenvalue weighted by atomic mass is 15.2. The number of nitrogens with zero attached hydrogens (tertiary/aromatic N) is 1. The van der Waals surface area contributed by atoms with Gasteiger partial charge >= 0.3 is 0 Å². The van der Waals surface area contributed by atoms with Crippen molar-refractivity contribution in [3.05, 3.63) is 0 Å². The van der Waals surface area contributed by atoms with Crippen LogP contribution in [0.2, 0.25) is 0 Å². The Morgan fingerprint density at radius 1 is 1.24 bits per heavy atom. The van der Waals surface area contributed by atoms with E-state index < -0.39 is 0 Å². The molecule has 100 valence electrons. The van der Waals surface area contributed by atoms with E-state index in [4.69, 9.17) is 0 Å². The molecule has 2 heteroatoms. The van der Waals surface area contributed by atoms with Crippen molar-refractivity contribution in [2.45, 2.75) is 65.5 Å². The average Bonchev–Trinajstić information content (AvgIpc) is 2.93. The molecular formula is C15H30N2. The van der Waals surface area contributed by atoms with Gasteiger partial charge in [-0.05, 0) is 43.6 Å². The Balaban J connectivity index is 1.79. The van der Waals surface area contributed by atoms with Gasteiger partial charge in [-0.3, -0.25) is 4.90 Å². The fourth-order valence-corrected chi connectivity index (χ4v) is 2.95. The van der Waals surface area contributed by atoms with Crippen LogP contribution in [-0.4, -0.2) is 36.6 Å². The molecular weight excluding hydrogens is 208 g/mol. The van der Waals surface area contributed by atoms with Crippen LogP contribution in [0.3, 0.4) is 0 Å². The summed E-state index contributed by atoms with van der Waals surface area (Å²) in [4.78, 5) is 2.73. The third kappa shape index (κ3) is 3.69. The van der Waals surface area contributed by atoms with Crippen LogP contribution in [0.5, 0.6) is 0 Å². The van der Waals surface area contributed by atoms with Gasteiger partial charge in [-0.25, -0.2) is 0 Å². The molecule has 0 amide bonds. The van der Waals surface area contributed by atoms with E-state index in [1.165, 1.54) is 45.3 Å². The summed E-state index contributed by atoms with van der Waals surface area (Å²) in [7, 11) is 0. The molecule has 1 aliphatic carbocycles. The Bertz CT molecular complexity index is 240. The Morgan fingerprint density at radius 2 is 1.94 bits per heavy atom. The van der Waals surface area contributed by atoms with Crippen molar-refractivity contribution in [1.82, 2.24) is 10.2 Å². The lowest BCUT2D eigenvalue weighted by molar-refractivity contribution is 0.187. The number of nitrogens with one attached hydrogen (secondary N) is 1. The molecule has 0 radical (unpaired) electrons. The van der Waals surface area contributed by atoms with Gasteiger partial charge < -0.3 is 5.32 Å². The molecule has 2 nitrogen and oxygen atoms in total. The summed E-state index contributed by atoms with van der Waals surface area (Å²) in [6, 6.07) is 1.62. The number of likely N-dealkylation sites (tertiary alicyclic amines) is 1. The van der Waals surface area contributed by atoms with Crippen molar-refractivity contribution in [3.8, 4) is 0 Å². The molecule has 2 atom stereocenters. The van der Waals surface area contributed by atoms with Crippen molar-refractivity contribution in [2.24, 2.45) is 11.3 Å². The van der Waals surface area contributed by atoms with Crippen LogP contribution < -0.4 is 5.32 Å². The Morgan fingerprint density at radius 3 is 2.41 bits per heavy atom. The summed E-state index contributed by atoms with van der Waals surface area (Å²) < 4.78 is 0. The lowest BCUT2D eigenvalue weighted by Crippen LogP contribution is -2.42. The van der Waals surface area contributed by atoms with E-state index in [9.17, 15) is 0 Å². The van der Waals surface area contributed by atoms with Crippen LogP contribution >= 0.6 is 0 Å².